The Morgan fingerprint density at radius 2 is 1.89 bits per heavy atom. The molecule has 0 spiro atoms. The average Bonchev–Trinajstić information content (AvgIpc) is 2.63. The minimum atomic E-state index is -0.263. The van der Waals surface area contributed by atoms with Crippen molar-refractivity contribution in [2.24, 2.45) is 5.73 Å². The number of aryl methyl sites for hydroxylation is 1. The monoisotopic (exact) mass is 410 g/mol. The molecule has 3 rings (SSSR count). The molecular formula is C19H24Cl2N4O2. The fourth-order valence-electron chi connectivity index (χ4n) is 3.07. The summed E-state index contributed by atoms with van der Waals surface area (Å²) in [5.74, 6) is -0.357. The highest BCUT2D eigenvalue weighted by atomic mass is 35.5. The molecular weight excluding hydrogens is 387 g/mol. The number of likely N-dealkylation sites (tertiary alicyclic amines) is 1. The molecule has 146 valence electrons. The third-order valence-electron chi connectivity index (χ3n) is 4.43. The van der Waals surface area contributed by atoms with Crippen molar-refractivity contribution in [2.45, 2.75) is 25.8 Å². The van der Waals surface area contributed by atoms with Gasteiger partial charge in [-0.2, -0.15) is 0 Å². The van der Waals surface area contributed by atoms with E-state index in [4.69, 9.17) is 5.73 Å². The number of para-hydroxylation sites is 1. The van der Waals surface area contributed by atoms with E-state index in [1.165, 1.54) is 0 Å². The third kappa shape index (κ3) is 5.42. The molecule has 0 aliphatic carbocycles. The van der Waals surface area contributed by atoms with Gasteiger partial charge in [-0.3, -0.25) is 14.6 Å². The number of pyridine rings is 1. The topological polar surface area (TPSA) is 88.3 Å². The second-order valence-electron chi connectivity index (χ2n) is 6.34. The largest absolute Gasteiger partial charge is 0.337 e. The average molecular weight is 411 g/mol. The molecule has 2 heterocycles. The number of nitrogens with two attached hydrogens (primary N) is 1. The molecule has 1 aliphatic heterocycles. The molecule has 0 saturated carbocycles. The fraction of sp³-hybridized carbons (Fsp3) is 0.316. The van der Waals surface area contributed by atoms with Gasteiger partial charge >= 0.3 is 0 Å². The SMILES string of the molecule is Cc1cccc(C(=O)N2CCCC(N)C2)c1NC(=O)c1ccncc1.Cl.Cl. The van der Waals surface area contributed by atoms with Gasteiger partial charge in [0.15, 0.2) is 0 Å². The first-order chi connectivity index (χ1) is 12.1. The van der Waals surface area contributed by atoms with E-state index in [0.717, 1.165) is 18.4 Å². The van der Waals surface area contributed by atoms with E-state index in [9.17, 15) is 9.59 Å². The van der Waals surface area contributed by atoms with Crippen LogP contribution in [0, 0.1) is 6.92 Å². The molecule has 1 aromatic heterocycles. The Labute approximate surface area is 171 Å². The maximum absolute atomic E-state index is 12.9. The van der Waals surface area contributed by atoms with Crippen molar-refractivity contribution < 1.29 is 9.59 Å². The smallest absolute Gasteiger partial charge is 0.256 e. The minimum absolute atomic E-state index is 0. The Balaban J connectivity index is 0.00000182. The van der Waals surface area contributed by atoms with Crippen LogP contribution in [0.2, 0.25) is 0 Å². The number of piperidine rings is 1. The van der Waals surface area contributed by atoms with Crippen LogP contribution in [0.3, 0.4) is 0 Å². The number of aromatic nitrogens is 1. The van der Waals surface area contributed by atoms with Gasteiger partial charge in [0.25, 0.3) is 11.8 Å². The zero-order valence-electron chi connectivity index (χ0n) is 15.1. The molecule has 1 unspecified atom stereocenters. The van der Waals surface area contributed by atoms with E-state index in [0.29, 0.717) is 29.9 Å². The molecule has 1 aliphatic rings. The lowest BCUT2D eigenvalue weighted by Crippen LogP contribution is -2.45. The first kappa shape index (κ1) is 22.9. The molecule has 0 bridgehead atoms. The van der Waals surface area contributed by atoms with Crippen molar-refractivity contribution in [3.8, 4) is 0 Å². The van der Waals surface area contributed by atoms with Gasteiger partial charge in [-0.1, -0.05) is 12.1 Å². The maximum atomic E-state index is 12.9. The normalized spacial score (nSPS) is 15.9. The Kier molecular flexibility index (Phi) is 8.69. The Morgan fingerprint density at radius 3 is 2.56 bits per heavy atom. The molecule has 1 atom stereocenters. The lowest BCUT2D eigenvalue weighted by Gasteiger charge is -2.31. The second kappa shape index (κ2) is 10.3. The number of rotatable bonds is 3. The van der Waals surface area contributed by atoms with E-state index in [1.807, 2.05) is 19.1 Å². The van der Waals surface area contributed by atoms with Gasteiger partial charge in [-0.05, 0) is 43.5 Å². The van der Waals surface area contributed by atoms with E-state index in [-0.39, 0.29) is 42.7 Å². The van der Waals surface area contributed by atoms with Crippen LogP contribution in [-0.4, -0.2) is 40.8 Å². The van der Waals surface area contributed by atoms with Crippen LogP contribution < -0.4 is 11.1 Å². The summed E-state index contributed by atoms with van der Waals surface area (Å²) in [5.41, 5.74) is 8.38. The van der Waals surface area contributed by atoms with E-state index < -0.39 is 0 Å². The molecule has 0 radical (unpaired) electrons. The predicted molar refractivity (Wildman–Crippen MR) is 111 cm³/mol. The van der Waals surface area contributed by atoms with Crippen LogP contribution >= 0.6 is 24.8 Å². The molecule has 1 aromatic carbocycles. The van der Waals surface area contributed by atoms with Crippen molar-refractivity contribution in [2.75, 3.05) is 18.4 Å². The summed E-state index contributed by atoms with van der Waals surface area (Å²) in [7, 11) is 0. The number of nitrogens with one attached hydrogen (secondary N) is 1. The number of amides is 2. The van der Waals surface area contributed by atoms with Crippen LogP contribution in [0.15, 0.2) is 42.7 Å². The third-order valence-corrected chi connectivity index (χ3v) is 4.43. The number of nitrogens with zero attached hydrogens (tertiary/aromatic N) is 2. The van der Waals surface area contributed by atoms with Crippen LogP contribution in [0.4, 0.5) is 5.69 Å². The lowest BCUT2D eigenvalue weighted by atomic mass is 10.0. The van der Waals surface area contributed by atoms with Crippen molar-refractivity contribution in [1.82, 2.24) is 9.88 Å². The van der Waals surface area contributed by atoms with Crippen LogP contribution in [0.5, 0.6) is 0 Å². The van der Waals surface area contributed by atoms with Gasteiger partial charge < -0.3 is 16.0 Å². The maximum Gasteiger partial charge on any atom is 0.256 e. The van der Waals surface area contributed by atoms with Gasteiger partial charge in [0.2, 0.25) is 0 Å². The number of halogens is 2. The Morgan fingerprint density at radius 1 is 1.19 bits per heavy atom. The van der Waals surface area contributed by atoms with Crippen molar-refractivity contribution >= 4 is 42.3 Å². The summed E-state index contributed by atoms with van der Waals surface area (Å²) in [6.07, 6.45) is 4.96. The summed E-state index contributed by atoms with van der Waals surface area (Å²) >= 11 is 0. The first-order valence-corrected chi connectivity index (χ1v) is 8.42. The van der Waals surface area contributed by atoms with Gasteiger partial charge in [0.1, 0.15) is 0 Å². The number of hydrogen-bond donors (Lipinski definition) is 2. The van der Waals surface area contributed by atoms with Crippen molar-refractivity contribution in [3.63, 3.8) is 0 Å². The zero-order valence-corrected chi connectivity index (χ0v) is 16.7. The summed E-state index contributed by atoms with van der Waals surface area (Å²) in [6.45, 7) is 3.11. The highest BCUT2D eigenvalue weighted by Crippen LogP contribution is 2.24. The predicted octanol–water partition coefficient (Wildman–Crippen LogP) is 3.05. The molecule has 27 heavy (non-hydrogen) atoms. The number of anilines is 1. The fourth-order valence-corrected chi connectivity index (χ4v) is 3.07. The number of carbonyl (C=O) groups is 2. The van der Waals surface area contributed by atoms with Crippen LogP contribution in [0.25, 0.3) is 0 Å². The highest BCUT2D eigenvalue weighted by Gasteiger charge is 2.25. The van der Waals surface area contributed by atoms with Crippen molar-refractivity contribution in [3.05, 3.63) is 59.4 Å². The van der Waals surface area contributed by atoms with E-state index in [2.05, 4.69) is 10.3 Å². The Hall–Kier alpha value is -2.15. The Bertz CT molecular complexity index is 787. The quantitative estimate of drug-likeness (QED) is 0.813. The molecule has 1 fully saturated rings. The van der Waals surface area contributed by atoms with Crippen LogP contribution in [-0.2, 0) is 0 Å². The van der Waals surface area contributed by atoms with Gasteiger partial charge in [0, 0.05) is 37.1 Å². The molecule has 6 nitrogen and oxygen atoms in total. The number of hydrogen-bond acceptors (Lipinski definition) is 4. The standard InChI is InChI=1S/C19H22N4O2.2ClH/c1-13-4-2-6-16(19(25)23-11-3-5-15(20)12-23)17(13)22-18(24)14-7-9-21-10-8-14;;/h2,4,6-10,15H,3,5,11-12,20H2,1H3,(H,22,24);2*1H. The summed E-state index contributed by atoms with van der Waals surface area (Å²) in [4.78, 5) is 31.1. The first-order valence-electron chi connectivity index (χ1n) is 8.42. The van der Waals surface area contributed by atoms with Gasteiger partial charge in [0.05, 0.1) is 11.3 Å². The number of carbonyl (C=O) groups excluding carboxylic acids is 2. The van der Waals surface area contributed by atoms with E-state index >= 15 is 0 Å². The molecule has 2 amide bonds. The summed E-state index contributed by atoms with van der Waals surface area (Å²) in [6, 6.07) is 8.74. The molecule has 3 N–H and O–H groups in total. The van der Waals surface area contributed by atoms with Gasteiger partial charge in [-0.25, -0.2) is 0 Å². The molecule has 8 heteroatoms. The minimum Gasteiger partial charge on any atom is -0.337 e. The summed E-state index contributed by atoms with van der Waals surface area (Å²) < 4.78 is 0. The lowest BCUT2D eigenvalue weighted by molar-refractivity contribution is 0.0710. The van der Waals surface area contributed by atoms with Crippen molar-refractivity contribution in [1.29, 1.82) is 0 Å². The van der Waals surface area contributed by atoms with E-state index in [1.54, 1.807) is 35.5 Å². The van der Waals surface area contributed by atoms with Crippen LogP contribution in [0.1, 0.15) is 39.1 Å². The highest BCUT2D eigenvalue weighted by molar-refractivity contribution is 6.09. The van der Waals surface area contributed by atoms with Gasteiger partial charge in [-0.15, -0.1) is 24.8 Å². The second-order valence-corrected chi connectivity index (χ2v) is 6.34. The molecule has 2 aromatic rings. The summed E-state index contributed by atoms with van der Waals surface area (Å²) in [5, 5.41) is 2.88. The zero-order chi connectivity index (χ0) is 17.8. The number of benzene rings is 1. The molecule has 1 saturated heterocycles.